The van der Waals surface area contributed by atoms with Crippen LogP contribution in [0.2, 0.25) is 0 Å². The molecule has 2 aliphatic rings. The van der Waals surface area contributed by atoms with Crippen LogP contribution in [0.1, 0.15) is 26.2 Å². The summed E-state index contributed by atoms with van der Waals surface area (Å²) in [5.74, 6) is 0.562. The predicted molar refractivity (Wildman–Crippen MR) is 49.0 cm³/mol. The Labute approximate surface area is 74.6 Å². The zero-order valence-corrected chi connectivity index (χ0v) is 7.92. The van der Waals surface area contributed by atoms with Crippen molar-refractivity contribution in [1.82, 2.24) is 4.90 Å². The molecule has 0 aromatic heterocycles. The molecule has 1 heterocycles. The largest absolute Gasteiger partial charge is 0.396 e. The smallest absolute Gasteiger partial charge is 0.0471 e. The van der Waals surface area contributed by atoms with Crippen LogP contribution in [0.25, 0.3) is 0 Å². The second-order valence-corrected chi connectivity index (χ2v) is 4.88. The number of aliphatic hydroxyl groups is 1. The number of rotatable bonds is 3. The molecule has 2 heteroatoms. The lowest BCUT2D eigenvalue weighted by Crippen LogP contribution is -2.27. The Bertz CT molecular complexity index is 165. The molecule has 0 spiro atoms. The summed E-state index contributed by atoms with van der Waals surface area (Å²) >= 11 is 0. The SMILES string of the molecule is CC1(CN2CCC(CO)C2)CC1. The molecule has 2 fully saturated rings. The van der Waals surface area contributed by atoms with Crippen LogP contribution in [0.3, 0.4) is 0 Å². The van der Waals surface area contributed by atoms with Crippen molar-refractivity contribution in [1.29, 1.82) is 0 Å². The highest BCUT2D eigenvalue weighted by atomic mass is 16.3. The van der Waals surface area contributed by atoms with E-state index in [1.165, 1.54) is 32.4 Å². The van der Waals surface area contributed by atoms with E-state index in [4.69, 9.17) is 5.11 Å². The van der Waals surface area contributed by atoms with Gasteiger partial charge in [0.1, 0.15) is 0 Å². The van der Waals surface area contributed by atoms with E-state index in [2.05, 4.69) is 11.8 Å². The minimum atomic E-state index is 0.382. The maximum atomic E-state index is 8.97. The van der Waals surface area contributed by atoms with E-state index in [1.54, 1.807) is 0 Å². The molecule has 0 aromatic rings. The number of aliphatic hydroxyl groups excluding tert-OH is 1. The summed E-state index contributed by atoms with van der Waals surface area (Å²) in [6.07, 6.45) is 4.02. The average molecular weight is 169 g/mol. The van der Waals surface area contributed by atoms with Crippen LogP contribution in [0, 0.1) is 11.3 Å². The van der Waals surface area contributed by atoms with Gasteiger partial charge in [-0.15, -0.1) is 0 Å². The van der Waals surface area contributed by atoms with Crippen molar-refractivity contribution in [2.45, 2.75) is 26.2 Å². The Kier molecular flexibility index (Phi) is 2.13. The van der Waals surface area contributed by atoms with Crippen LogP contribution in [-0.2, 0) is 0 Å². The molecule has 1 saturated heterocycles. The van der Waals surface area contributed by atoms with Gasteiger partial charge in [0.2, 0.25) is 0 Å². The zero-order chi connectivity index (χ0) is 8.60. The summed E-state index contributed by atoms with van der Waals surface area (Å²) in [5.41, 5.74) is 0.643. The summed E-state index contributed by atoms with van der Waals surface area (Å²) in [7, 11) is 0. The molecule has 1 N–H and O–H groups in total. The highest BCUT2D eigenvalue weighted by molar-refractivity contribution is 4.92. The second-order valence-electron chi connectivity index (χ2n) is 4.88. The van der Waals surface area contributed by atoms with E-state index in [0.717, 1.165) is 6.54 Å². The van der Waals surface area contributed by atoms with Gasteiger partial charge in [0.05, 0.1) is 0 Å². The van der Waals surface area contributed by atoms with Gasteiger partial charge in [0, 0.05) is 19.7 Å². The molecular weight excluding hydrogens is 150 g/mol. The van der Waals surface area contributed by atoms with E-state index >= 15 is 0 Å². The molecule has 70 valence electrons. The molecule has 1 saturated carbocycles. The molecule has 0 amide bonds. The summed E-state index contributed by atoms with van der Waals surface area (Å²) < 4.78 is 0. The first kappa shape index (κ1) is 8.52. The molecule has 1 aliphatic heterocycles. The fourth-order valence-corrected chi connectivity index (χ4v) is 2.12. The Morgan fingerprint density at radius 1 is 1.50 bits per heavy atom. The third-order valence-electron chi connectivity index (χ3n) is 3.34. The Morgan fingerprint density at radius 3 is 2.75 bits per heavy atom. The van der Waals surface area contributed by atoms with Crippen molar-refractivity contribution in [2.24, 2.45) is 11.3 Å². The van der Waals surface area contributed by atoms with Gasteiger partial charge in [-0.1, -0.05) is 6.92 Å². The molecule has 0 aromatic carbocycles. The zero-order valence-electron chi connectivity index (χ0n) is 7.92. The molecule has 2 nitrogen and oxygen atoms in total. The topological polar surface area (TPSA) is 23.5 Å². The van der Waals surface area contributed by atoms with Crippen molar-refractivity contribution >= 4 is 0 Å². The Hall–Kier alpha value is -0.0800. The number of hydrogen-bond donors (Lipinski definition) is 1. The van der Waals surface area contributed by atoms with Gasteiger partial charge in [-0.3, -0.25) is 0 Å². The third-order valence-corrected chi connectivity index (χ3v) is 3.34. The highest BCUT2D eigenvalue weighted by Gasteiger charge is 2.39. The minimum Gasteiger partial charge on any atom is -0.396 e. The lowest BCUT2D eigenvalue weighted by Gasteiger charge is -2.19. The molecule has 1 aliphatic carbocycles. The maximum Gasteiger partial charge on any atom is 0.0471 e. The van der Waals surface area contributed by atoms with E-state index in [0.29, 0.717) is 17.9 Å². The molecular formula is C10H19NO. The number of hydrogen-bond acceptors (Lipinski definition) is 2. The van der Waals surface area contributed by atoms with Gasteiger partial charge < -0.3 is 10.0 Å². The van der Waals surface area contributed by atoms with Crippen molar-refractivity contribution < 1.29 is 5.11 Å². The second kappa shape index (κ2) is 3.00. The maximum absolute atomic E-state index is 8.97. The van der Waals surface area contributed by atoms with E-state index in [9.17, 15) is 0 Å². The standard InChI is InChI=1S/C10H19NO/c1-10(3-4-10)8-11-5-2-9(6-11)7-12/h9,12H,2-8H2,1H3. The average Bonchev–Trinajstić information content (AvgIpc) is 2.63. The van der Waals surface area contributed by atoms with Gasteiger partial charge in [-0.25, -0.2) is 0 Å². The van der Waals surface area contributed by atoms with Gasteiger partial charge in [0.25, 0.3) is 0 Å². The molecule has 1 unspecified atom stereocenters. The van der Waals surface area contributed by atoms with Crippen molar-refractivity contribution in [3.05, 3.63) is 0 Å². The minimum absolute atomic E-state index is 0.382. The van der Waals surface area contributed by atoms with Crippen LogP contribution in [-0.4, -0.2) is 36.2 Å². The third kappa shape index (κ3) is 1.80. The van der Waals surface area contributed by atoms with Gasteiger partial charge >= 0.3 is 0 Å². The molecule has 0 radical (unpaired) electrons. The van der Waals surface area contributed by atoms with Crippen LogP contribution in [0.4, 0.5) is 0 Å². The first-order valence-electron chi connectivity index (χ1n) is 5.05. The predicted octanol–water partition coefficient (Wildman–Crippen LogP) is 1.10. The lowest BCUT2D eigenvalue weighted by molar-refractivity contribution is 0.211. The highest BCUT2D eigenvalue weighted by Crippen LogP contribution is 2.46. The van der Waals surface area contributed by atoms with Crippen molar-refractivity contribution in [2.75, 3.05) is 26.2 Å². The molecule has 0 bridgehead atoms. The Balaban J connectivity index is 1.76. The van der Waals surface area contributed by atoms with E-state index < -0.39 is 0 Å². The van der Waals surface area contributed by atoms with Crippen LogP contribution < -0.4 is 0 Å². The summed E-state index contributed by atoms with van der Waals surface area (Å²) in [5, 5.41) is 8.97. The quantitative estimate of drug-likeness (QED) is 0.684. The lowest BCUT2D eigenvalue weighted by atomic mass is 10.1. The van der Waals surface area contributed by atoms with E-state index in [1.807, 2.05) is 0 Å². The van der Waals surface area contributed by atoms with Crippen molar-refractivity contribution in [3.8, 4) is 0 Å². The monoisotopic (exact) mass is 169 g/mol. The number of likely N-dealkylation sites (tertiary alicyclic amines) is 1. The molecule has 12 heavy (non-hydrogen) atoms. The van der Waals surface area contributed by atoms with Gasteiger partial charge in [-0.2, -0.15) is 0 Å². The summed E-state index contributed by atoms with van der Waals surface area (Å²) in [6, 6.07) is 0. The van der Waals surface area contributed by atoms with Gasteiger partial charge in [0.15, 0.2) is 0 Å². The Morgan fingerprint density at radius 2 is 2.25 bits per heavy atom. The fraction of sp³-hybridized carbons (Fsp3) is 1.00. The van der Waals surface area contributed by atoms with Crippen LogP contribution >= 0.6 is 0 Å². The summed E-state index contributed by atoms with van der Waals surface area (Å²) in [6.45, 7) is 6.36. The van der Waals surface area contributed by atoms with Gasteiger partial charge in [-0.05, 0) is 37.1 Å². The molecule has 2 rings (SSSR count). The normalized spacial score (nSPS) is 34.0. The number of nitrogens with zero attached hydrogens (tertiary/aromatic N) is 1. The molecule has 1 atom stereocenters. The first-order chi connectivity index (χ1) is 5.72. The van der Waals surface area contributed by atoms with E-state index in [-0.39, 0.29) is 0 Å². The summed E-state index contributed by atoms with van der Waals surface area (Å²) in [4.78, 5) is 2.52. The van der Waals surface area contributed by atoms with Crippen LogP contribution in [0.15, 0.2) is 0 Å². The van der Waals surface area contributed by atoms with Crippen LogP contribution in [0.5, 0.6) is 0 Å². The first-order valence-corrected chi connectivity index (χ1v) is 5.05. The van der Waals surface area contributed by atoms with Crippen molar-refractivity contribution in [3.63, 3.8) is 0 Å². The fourth-order valence-electron chi connectivity index (χ4n) is 2.12.